The second-order valence-electron chi connectivity index (χ2n) is 13.0. The Morgan fingerprint density at radius 1 is 0.420 bits per heavy atom. The van der Waals surface area contributed by atoms with Crippen LogP contribution < -0.4 is 0 Å². The molecule has 0 aliphatic heterocycles. The molecular formula is C46H27N3S. The molecule has 11 aromatic rings. The Morgan fingerprint density at radius 2 is 1.14 bits per heavy atom. The minimum Gasteiger partial charge on any atom is -0.278 e. The van der Waals surface area contributed by atoms with Gasteiger partial charge in [0.15, 0.2) is 0 Å². The molecule has 3 heterocycles. The zero-order chi connectivity index (χ0) is 32.8. The average molecular weight is 654 g/mol. The number of hydrogen-bond acceptors (Lipinski definition) is 3. The van der Waals surface area contributed by atoms with Gasteiger partial charge in [0.2, 0.25) is 5.95 Å². The molecular weight excluding hydrogens is 627 g/mol. The maximum Gasteiger partial charge on any atom is 0.235 e. The second kappa shape index (κ2) is 10.6. The molecule has 3 aromatic heterocycles. The lowest BCUT2D eigenvalue weighted by Crippen LogP contribution is -2.03. The summed E-state index contributed by atoms with van der Waals surface area (Å²) in [6, 6.07) is 58.9. The van der Waals surface area contributed by atoms with E-state index in [1.54, 1.807) is 0 Å². The van der Waals surface area contributed by atoms with Gasteiger partial charge < -0.3 is 0 Å². The Kier molecular flexibility index (Phi) is 5.83. The van der Waals surface area contributed by atoms with Crippen LogP contribution in [0.2, 0.25) is 0 Å². The Balaban J connectivity index is 1.14. The molecule has 0 saturated carbocycles. The quantitative estimate of drug-likeness (QED) is 0.177. The van der Waals surface area contributed by atoms with Gasteiger partial charge in [-0.2, -0.15) is 0 Å². The van der Waals surface area contributed by atoms with Gasteiger partial charge in [-0.25, -0.2) is 9.97 Å². The first kappa shape index (κ1) is 27.6. The Labute approximate surface area is 291 Å². The molecule has 0 saturated heterocycles. The van der Waals surface area contributed by atoms with Crippen LogP contribution in [0.15, 0.2) is 164 Å². The predicted octanol–water partition coefficient (Wildman–Crippen LogP) is 12.7. The van der Waals surface area contributed by atoms with E-state index in [0.717, 1.165) is 33.2 Å². The highest BCUT2D eigenvalue weighted by Crippen LogP contribution is 2.44. The van der Waals surface area contributed by atoms with Crippen molar-refractivity contribution in [2.45, 2.75) is 0 Å². The maximum atomic E-state index is 5.37. The lowest BCUT2D eigenvalue weighted by atomic mass is 9.94. The molecule has 11 rings (SSSR count). The first-order chi connectivity index (χ1) is 24.8. The third kappa shape index (κ3) is 4.03. The summed E-state index contributed by atoms with van der Waals surface area (Å²) in [4.78, 5) is 10.6. The van der Waals surface area contributed by atoms with Gasteiger partial charge in [-0.1, -0.05) is 127 Å². The number of aromatic nitrogens is 3. The van der Waals surface area contributed by atoms with Crippen molar-refractivity contribution >= 4 is 75.0 Å². The fourth-order valence-electron chi connectivity index (χ4n) is 7.88. The van der Waals surface area contributed by atoms with E-state index < -0.39 is 0 Å². The van der Waals surface area contributed by atoms with Crippen molar-refractivity contribution in [2.75, 3.05) is 0 Å². The molecule has 0 unspecified atom stereocenters. The van der Waals surface area contributed by atoms with Crippen molar-refractivity contribution in [1.82, 2.24) is 14.5 Å². The molecule has 232 valence electrons. The number of benzene rings is 8. The SMILES string of the molecule is c1ccc(-c2ccc(-c3nc(-n4c5cccc6ccc7c(-c8ccc9sc%10ccccc%10c9c8)ccc4c7c65)nc4ccccc34)cc2)cc1. The number of hydrogen-bond donors (Lipinski definition) is 0. The standard InChI is InChI=1S/C46H27N3S/c1-2-9-28(10-3-1)29-17-19-31(20-18-29)45-36-13-4-6-14-38(36)47-46(48-45)49-39-15-8-11-30-21-23-35-33(24-25-40(49)44(35)43(30)39)32-22-26-42-37(27-32)34-12-5-7-16-41(34)50-42/h1-27H. The monoisotopic (exact) mass is 653 g/mol. The third-order valence-electron chi connectivity index (χ3n) is 10.2. The Hall–Kier alpha value is -6.36. The fourth-order valence-corrected chi connectivity index (χ4v) is 8.97. The summed E-state index contributed by atoms with van der Waals surface area (Å²) < 4.78 is 4.90. The average Bonchev–Trinajstić information content (AvgIpc) is 3.73. The van der Waals surface area contributed by atoms with Gasteiger partial charge in [-0.15, -0.1) is 11.3 Å². The topological polar surface area (TPSA) is 30.7 Å². The summed E-state index contributed by atoms with van der Waals surface area (Å²) in [5, 5.41) is 8.61. The van der Waals surface area contributed by atoms with Crippen LogP contribution in [-0.4, -0.2) is 14.5 Å². The number of thiophene rings is 1. The summed E-state index contributed by atoms with van der Waals surface area (Å²) in [6.07, 6.45) is 0. The van der Waals surface area contributed by atoms with Gasteiger partial charge in [0.1, 0.15) is 0 Å². The van der Waals surface area contributed by atoms with Crippen LogP contribution in [-0.2, 0) is 0 Å². The lowest BCUT2D eigenvalue weighted by Gasteiger charge is -2.12. The van der Waals surface area contributed by atoms with Gasteiger partial charge in [0, 0.05) is 41.9 Å². The van der Waals surface area contributed by atoms with Crippen molar-refractivity contribution in [1.29, 1.82) is 0 Å². The molecule has 3 nitrogen and oxygen atoms in total. The van der Waals surface area contributed by atoms with Gasteiger partial charge in [-0.3, -0.25) is 4.57 Å². The van der Waals surface area contributed by atoms with Crippen molar-refractivity contribution in [3.63, 3.8) is 0 Å². The van der Waals surface area contributed by atoms with E-state index >= 15 is 0 Å². The van der Waals surface area contributed by atoms with Crippen molar-refractivity contribution in [3.8, 4) is 39.5 Å². The molecule has 0 aliphatic rings. The van der Waals surface area contributed by atoms with Gasteiger partial charge >= 0.3 is 0 Å². The minimum atomic E-state index is 0.676. The summed E-state index contributed by atoms with van der Waals surface area (Å²) in [5.41, 5.74) is 9.98. The maximum absolute atomic E-state index is 5.37. The molecule has 0 spiro atoms. The molecule has 0 aliphatic carbocycles. The van der Waals surface area contributed by atoms with Gasteiger partial charge in [-0.05, 0) is 69.4 Å². The fraction of sp³-hybridized carbons (Fsp3) is 0. The van der Waals surface area contributed by atoms with E-state index in [0.29, 0.717) is 5.95 Å². The molecule has 0 N–H and O–H groups in total. The number of nitrogens with zero attached hydrogens (tertiary/aromatic N) is 3. The zero-order valence-electron chi connectivity index (χ0n) is 26.8. The normalized spacial score (nSPS) is 12.0. The number of para-hydroxylation sites is 1. The molecule has 0 bridgehead atoms. The smallest absolute Gasteiger partial charge is 0.235 e. The van der Waals surface area contributed by atoms with Crippen molar-refractivity contribution in [3.05, 3.63) is 164 Å². The van der Waals surface area contributed by atoms with Crippen LogP contribution in [0.5, 0.6) is 0 Å². The summed E-state index contributed by atoms with van der Waals surface area (Å²) in [5.74, 6) is 0.676. The molecule has 0 amide bonds. The Bertz CT molecular complexity index is 3080. The van der Waals surface area contributed by atoms with Crippen LogP contribution in [0.25, 0.3) is 103 Å². The van der Waals surface area contributed by atoms with Crippen LogP contribution in [0.1, 0.15) is 0 Å². The van der Waals surface area contributed by atoms with Crippen LogP contribution in [0.3, 0.4) is 0 Å². The zero-order valence-corrected chi connectivity index (χ0v) is 27.7. The summed E-state index contributed by atoms with van der Waals surface area (Å²) in [7, 11) is 0. The molecule has 0 atom stereocenters. The van der Waals surface area contributed by atoms with Crippen molar-refractivity contribution in [2.24, 2.45) is 0 Å². The van der Waals surface area contributed by atoms with Crippen LogP contribution >= 0.6 is 11.3 Å². The minimum absolute atomic E-state index is 0.676. The molecule has 50 heavy (non-hydrogen) atoms. The second-order valence-corrected chi connectivity index (χ2v) is 14.1. The lowest BCUT2D eigenvalue weighted by molar-refractivity contribution is 1.01. The largest absolute Gasteiger partial charge is 0.278 e. The van der Waals surface area contributed by atoms with Crippen molar-refractivity contribution < 1.29 is 0 Å². The van der Waals surface area contributed by atoms with E-state index in [1.165, 1.54) is 64.0 Å². The predicted molar refractivity (Wildman–Crippen MR) is 212 cm³/mol. The van der Waals surface area contributed by atoms with Gasteiger partial charge in [0.25, 0.3) is 0 Å². The van der Waals surface area contributed by atoms with Crippen LogP contribution in [0.4, 0.5) is 0 Å². The third-order valence-corrected chi connectivity index (χ3v) is 11.4. The van der Waals surface area contributed by atoms with Crippen LogP contribution in [0, 0.1) is 0 Å². The van der Waals surface area contributed by atoms with E-state index in [1.807, 2.05) is 11.3 Å². The molecule has 0 fully saturated rings. The molecule has 0 radical (unpaired) electrons. The van der Waals surface area contributed by atoms with E-state index in [4.69, 9.17) is 9.97 Å². The van der Waals surface area contributed by atoms with E-state index in [-0.39, 0.29) is 0 Å². The number of fused-ring (bicyclic) bond motifs is 4. The first-order valence-corrected chi connectivity index (χ1v) is 17.7. The highest BCUT2D eigenvalue weighted by molar-refractivity contribution is 7.25. The molecule has 8 aromatic carbocycles. The number of rotatable bonds is 4. The first-order valence-electron chi connectivity index (χ1n) is 16.9. The highest BCUT2D eigenvalue weighted by Gasteiger charge is 2.21. The van der Waals surface area contributed by atoms with E-state index in [2.05, 4.69) is 168 Å². The summed E-state index contributed by atoms with van der Waals surface area (Å²) in [6.45, 7) is 0. The molecule has 4 heteroatoms. The van der Waals surface area contributed by atoms with Gasteiger partial charge in [0.05, 0.1) is 22.2 Å². The summed E-state index contributed by atoms with van der Waals surface area (Å²) >= 11 is 1.86. The Morgan fingerprint density at radius 3 is 2.04 bits per heavy atom. The highest BCUT2D eigenvalue weighted by atomic mass is 32.1. The van der Waals surface area contributed by atoms with E-state index in [9.17, 15) is 0 Å².